The third-order valence-corrected chi connectivity index (χ3v) is 6.22. The number of nitro groups is 1. The second-order valence-electron chi connectivity index (χ2n) is 5.62. The normalized spacial score (nSPS) is 20.8. The van der Waals surface area contributed by atoms with E-state index < -0.39 is 30.6 Å². The highest BCUT2D eigenvalue weighted by atomic mass is 35.6. The number of amides is 1. The molecule has 0 bridgehead atoms. The number of nitro benzene ring substituents is 1. The smallest absolute Gasteiger partial charge is 0.282 e. The summed E-state index contributed by atoms with van der Waals surface area (Å²) in [5.41, 5.74) is -0.564. The highest BCUT2D eigenvalue weighted by Crippen LogP contribution is 2.28. The van der Waals surface area contributed by atoms with Gasteiger partial charge in [-0.1, -0.05) is 46.9 Å². The van der Waals surface area contributed by atoms with Crippen molar-refractivity contribution < 1.29 is 23.5 Å². The van der Waals surface area contributed by atoms with Crippen molar-refractivity contribution in [1.82, 2.24) is 5.32 Å². The Morgan fingerprint density at radius 3 is 2.52 bits per heavy atom. The standard InChI is InChI=1S/C13H14Cl3N3O5S/c14-13(15,16)12(17-8-5-6-25(23,24)7-8)18-11(20)9-3-1-2-4-10(9)19(21)22/h1-4,8,12,17H,5-7H2,(H,18,20)/p+1/t8-,12-/m0/s1. The Balaban J connectivity index is 2.18. The van der Waals surface area contributed by atoms with E-state index in [1.165, 1.54) is 29.6 Å². The second-order valence-corrected chi connectivity index (χ2v) is 10.2. The van der Waals surface area contributed by atoms with Gasteiger partial charge in [-0.3, -0.25) is 20.2 Å². The van der Waals surface area contributed by atoms with Crippen molar-refractivity contribution in [3.63, 3.8) is 0 Å². The van der Waals surface area contributed by atoms with Gasteiger partial charge >= 0.3 is 0 Å². The number of halogens is 3. The first kappa shape index (κ1) is 20.2. The van der Waals surface area contributed by atoms with Crippen molar-refractivity contribution in [3.05, 3.63) is 39.9 Å². The zero-order chi connectivity index (χ0) is 18.8. The van der Waals surface area contributed by atoms with E-state index >= 15 is 0 Å². The molecule has 1 aliphatic heterocycles. The first-order valence-electron chi connectivity index (χ1n) is 7.16. The van der Waals surface area contributed by atoms with Gasteiger partial charge in [0.15, 0.2) is 9.84 Å². The van der Waals surface area contributed by atoms with Crippen LogP contribution in [0.5, 0.6) is 0 Å². The average Bonchev–Trinajstić information content (AvgIpc) is 2.84. The molecule has 2 rings (SSSR count). The summed E-state index contributed by atoms with van der Waals surface area (Å²) in [5, 5.41) is 14.9. The molecule has 8 nitrogen and oxygen atoms in total. The Hall–Kier alpha value is -1.13. The van der Waals surface area contributed by atoms with Gasteiger partial charge in [-0.2, -0.15) is 0 Å². The van der Waals surface area contributed by atoms with E-state index in [9.17, 15) is 23.3 Å². The van der Waals surface area contributed by atoms with Gasteiger partial charge in [0.1, 0.15) is 17.4 Å². The Kier molecular flexibility index (Phi) is 6.16. The van der Waals surface area contributed by atoms with Crippen molar-refractivity contribution in [2.75, 3.05) is 11.5 Å². The molecule has 0 unspecified atom stereocenters. The summed E-state index contributed by atoms with van der Waals surface area (Å²) in [6, 6.07) is 4.99. The maximum atomic E-state index is 12.4. The van der Waals surface area contributed by atoms with Gasteiger partial charge in [-0.05, 0) is 6.07 Å². The number of hydrogen-bond donors (Lipinski definition) is 2. The minimum absolute atomic E-state index is 0.0266. The quantitative estimate of drug-likeness (QED) is 0.308. The summed E-state index contributed by atoms with van der Waals surface area (Å²) in [7, 11) is -3.15. The molecule has 1 amide bonds. The molecular formula is C13H15Cl3N3O5S+. The molecule has 12 heteroatoms. The summed E-state index contributed by atoms with van der Waals surface area (Å²) >= 11 is 17.7. The zero-order valence-electron chi connectivity index (χ0n) is 12.7. The highest BCUT2D eigenvalue weighted by Gasteiger charge is 2.42. The van der Waals surface area contributed by atoms with Crippen LogP contribution in [0.3, 0.4) is 0 Å². The summed E-state index contributed by atoms with van der Waals surface area (Å²) in [4.78, 5) is 22.7. The lowest BCUT2D eigenvalue weighted by molar-refractivity contribution is -0.719. The van der Waals surface area contributed by atoms with Crippen molar-refractivity contribution >= 4 is 56.2 Å². The van der Waals surface area contributed by atoms with Crippen molar-refractivity contribution in [1.29, 1.82) is 0 Å². The van der Waals surface area contributed by atoms with Gasteiger partial charge in [0.2, 0.25) is 6.17 Å². The SMILES string of the molecule is O=C(N[C@H]([NH2+][C@H]1CCS(=O)(=O)C1)C(Cl)(Cl)Cl)c1ccccc1[N+](=O)[O-]. The first-order chi connectivity index (χ1) is 11.5. The van der Waals surface area contributed by atoms with Crippen molar-refractivity contribution in [2.45, 2.75) is 22.4 Å². The van der Waals surface area contributed by atoms with Gasteiger partial charge < -0.3 is 5.32 Å². The number of benzene rings is 1. The zero-order valence-corrected chi connectivity index (χ0v) is 15.8. The lowest BCUT2D eigenvalue weighted by atomic mass is 10.1. The van der Waals surface area contributed by atoms with Crippen LogP contribution >= 0.6 is 34.8 Å². The number of nitrogens with one attached hydrogen (secondary N) is 1. The van der Waals surface area contributed by atoms with Crippen LogP contribution in [-0.4, -0.2) is 46.8 Å². The van der Waals surface area contributed by atoms with Crippen LogP contribution in [0.15, 0.2) is 24.3 Å². The monoisotopic (exact) mass is 430 g/mol. The number of sulfone groups is 1. The number of nitrogens with zero attached hydrogens (tertiary/aromatic N) is 1. The van der Waals surface area contributed by atoms with Crippen molar-refractivity contribution in [2.24, 2.45) is 0 Å². The molecule has 1 saturated heterocycles. The Morgan fingerprint density at radius 1 is 1.36 bits per heavy atom. The molecule has 0 aliphatic carbocycles. The second kappa shape index (κ2) is 7.63. The third-order valence-electron chi connectivity index (χ3n) is 3.72. The van der Waals surface area contributed by atoms with Crippen LogP contribution in [0.4, 0.5) is 5.69 Å². The Labute approximate surface area is 158 Å². The number of alkyl halides is 3. The number of hydrogen-bond acceptors (Lipinski definition) is 5. The van der Waals surface area contributed by atoms with Crippen LogP contribution in [0.1, 0.15) is 16.8 Å². The van der Waals surface area contributed by atoms with Crippen LogP contribution < -0.4 is 10.6 Å². The number of para-hydroxylation sites is 1. The number of nitrogens with two attached hydrogens (primary N) is 1. The molecule has 3 N–H and O–H groups in total. The molecule has 2 atom stereocenters. The Bertz CT molecular complexity index is 781. The molecule has 25 heavy (non-hydrogen) atoms. The van der Waals surface area contributed by atoms with Crippen LogP contribution in [0, 0.1) is 10.1 Å². The maximum Gasteiger partial charge on any atom is 0.282 e. The molecule has 1 aromatic carbocycles. The van der Waals surface area contributed by atoms with E-state index in [0.717, 1.165) is 0 Å². The number of carbonyl (C=O) groups is 1. The topological polar surface area (TPSA) is 123 Å². The highest BCUT2D eigenvalue weighted by molar-refractivity contribution is 7.91. The lowest BCUT2D eigenvalue weighted by Gasteiger charge is -2.25. The average molecular weight is 432 g/mol. The van der Waals surface area contributed by atoms with Gasteiger partial charge in [0, 0.05) is 12.5 Å². The van der Waals surface area contributed by atoms with E-state index in [1.54, 1.807) is 0 Å². The van der Waals surface area contributed by atoms with E-state index in [0.29, 0.717) is 6.42 Å². The van der Waals surface area contributed by atoms with E-state index in [-0.39, 0.29) is 28.8 Å². The van der Waals surface area contributed by atoms with Gasteiger partial charge in [-0.15, -0.1) is 0 Å². The molecule has 0 radical (unpaired) electrons. The molecule has 0 spiro atoms. The number of quaternary nitrogens is 1. The van der Waals surface area contributed by atoms with Crippen LogP contribution in [0.2, 0.25) is 0 Å². The minimum atomic E-state index is -3.15. The summed E-state index contributed by atoms with van der Waals surface area (Å²) in [6.45, 7) is 0. The van der Waals surface area contributed by atoms with E-state index in [1.807, 2.05) is 0 Å². The fraction of sp³-hybridized carbons (Fsp3) is 0.462. The molecular weight excluding hydrogens is 417 g/mol. The number of carbonyl (C=O) groups excluding carboxylic acids is 1. The lowest BCUT2D eigenvalue weighted by Crippen LogP contribution is -3.00. The summed E-state index contributed by atoms with van der Waals surface area (Å²) < 4.78 is 21.2. The van der Waals surface area contributed by atoms with E-state index in [4.69, 9.17) is 34.8 Å². The molecule has 138 valence electrons. The first-order valence-corrected chi connectivity index (χ1v) is 10.1. The van der Waals surface area contributed by atoms with Gasteiger partial charge in [-0.25, -0.2) is 8.42 Å². The summed E-state index contributed by atoms with van der Waals surface area (Å²) in [5.74, 6) is -0.856. The molecule has 0 saturated carbocycles. The van der Waals surface area contributed by atoms with Crippen molar-refractivity contribution in [3.8, 4) is 0 Å². The summed E-state index contributed by atoms with van der Waals surface area (Å²) in [6.07, 6.45) is -0.746. The molecule has 1 aromatic rings. The third kappa shape index (κ3) is 5.42. The number of rotatable bonds is 5. The van der Waals surface area contributed by atoms with Gasteiger partial charge in [0.05, 0.1) is 10.7 Å². The van der Waals surface area contributed by atoms with Gasteiger partial charge in [0.25, 0.3) is 15.4 Å². The molecule has 1 aliphatic rings. The predicted molar refractivity (Wildman–Crippen MR) is 93.6 cm³/mol. The van der Waals surface area contributed by atoms with Crippen LogP contribution in [0.25, 0.3) is 0 Å². The largest absolute Gasteiger partial charge is 0.320 e. The minimum Gasteiger partial charge on any atom is -0.320 e. The molecule has 1 heterocycles. The molecule has 0 aromatic heterocycles. The Morgan fingerprint density at radius 2 is 2.00 bits per heavy atom. The maximum absolute atomic E-state index is 12.4. The fourth-order valence-corrected chi connectivity index (χ4v) is 4.67. The fourth-order valence-electron chi connectivity index (χ4n) is 2.53. The molecule has 1 fully saturated rings. The predicted octanol–water partition coefficient (Wildman–Crippen LogP) is 0.771. The van der Waals surface area contributed by atoms with Crippen LogP contribution in [-0.2, 0) is 9.84 Å². The van der Waals surface area contributed by atoms with E-state index in [2.05, 4.69) is 5.32 Å².